The van der Waals surface area contributed by atoms with Crippen LogP contribution in [0.4, 0.5) is 17.5 Å². The Labute approximate surface area is 139 Å². The van der Waals surface area contributed by atoms with Crippen molar-refractivity contribution in [2.45, 2.75) is 26.7 Å². The number of aromatic nitrogens is 2. The van der Waals surface area contributed by atoms with Gasteiger partial charge in [0, 0.05) is 24.0 Å². The SMILES string of the molecule is CCc1ccccc1Nc1cc(C)nc(NCCCN(C)C)n1. The number of benzene rings is 1. The molecule has 23 heavy (non-hydrogen) atoms. The molecule has 124 valence electrons. The fourth-order valence-corrected chi connectivity index (χ4v) is 2.40. The number of para-hydroxylation sites is 1. The Morgan fingerprint density at radius 3 is 2.65 bits per heavy atom. The molecule has 0 amide bonds. The average Bonchev–Trinajstić information content (AvgIpc) is 2.51. The van der Waals surface area contributed by atoms with Gasteiger partial charge in [-0.25, -0.2) is 4.98 Å². The summed E-state index contributed by atoms with van der Waals surface area (Å²) in [6.45, 7) is 6.06. The van der Waals surface area contributed by atoms with Gasteiger partial charge in [0.2, 0.25) is 5.95 Å². The Balaban J connectivity index is 2.05. The van der Waals surface area contributed by atoms with Crippen LogP contribution < -0.4 is 10.6 Å². The smallest absolute Gasteiger partial charge is 0.224 e. The predicted octanol–water partition coefficient (Wildman–Crippen LogP) is 3.45. The average molecular weight is 313 g/mol. The van der Waals surface area contributed by atoms with Crippen molar-refractivity contribution in [2.24, 2.45) is 0 Å². The molecule has 0 unspecified atom stereocenters. The lowest BCUT2D eigenvalue weighted by Crippen LogP contribution is -2.17. The molecule has 2 aromatic rings. The fraction of sp³-hybridized carbons (Fsp3) is 0.444. The van der Waals surface area contributed by atoms with E-state index in [-0.39, 0.29) is 0 Å². The molecule has 5 heteroatoms. The number of hydrogen-bond donors (Lipinski definition) is 2. The van der Waals surface area contributed by atoms with E-state index in [4.69, 9.17) is 0 Å². The molecule has 0 aliphatic carbocycles. The lowest BCUT2D eigenvalue weighted by atomic mass is 10.1. The van der Waals surface area contributed by atoms with Gasteiger partial charge in [-0.3, -0.25) is 0 Å². The Morgan fingerprint density at radius 2 is 1.91 bits per heavy atom. The highest BCUT2D eigenvalue weighted by molar-refractivity contribution is 5.61. The third-order valence-corrected chi connectivity index (χ3v) is 3.58. The highest BCUT2D eigenvalue weighted by Crippen LogP contribution is 2.21. The molecule has 0 bridgehead atoms. The van der Waals surface area contributed by atoms with E-state index in [0.29, 0.717) is 5.95 Å². The molecule has 0 aliphatic rings. The normalized spacial score (nSPS) is 10.8. The Bertz CT molecular complexity index is 625. The van der Waals surface area contributed by atoms with E-state index in [0.717, 1.165) is 43.1 Å². The fourth-order valence-electron chi connectivity index (χ4n) is 2.40. The number of nitrogens with zero attached hydrogens (tertiary/aromatic N) is 3. The zero-order valence-electron chi connectivity index (χ0n) is 14.6. The van der Waals surface area contributed by atoms with Gasteiger partial charge in [0.25, 0.3) is 0 Å². The van der Waals surface area contributed by atoms with E-state index in [9.17, 15) is 0 Å². The molecule has 2 rings (SSSR count). The van der Waals surface area contributed by atoms with Crippen LogP contribution in [0, 0.1) is 6.92 Å². The van der Waals surface area contributed by atoms with Gasteiger partial charge in [-0.15, -0.1) is 0 Å². The summed E-state index contributed by atoms with van der Waals surface area (Å²) in [4.78, 5) is 11.2. The van der Waals surface area contributed by atoms with Crippen molar-refractivity contribution in [3.05, 3.63) is 41.6 Å². The third-order valence-electron chi connectivity index (χ3n) is 3.58. The zero-order valence-corrected chi connectivity index (χ0v) is 14.6. The molecule has 1 aromatic carbocycles. The third kappa shape index (κ3) is 5.53. The van der Waals surface area contributed by atoms with Crippen molar-refractivity contribution in [2.75, 3.05) is 37.8 Å². The monoisotopic (exact) mass is 313 g/mol. The van der Waals surface area contributed by atoms with Crippen molar-refractivity contribution in [1.82, 2.24) is 14.9 Å². The second-order valence-corrected chi connectivity index (χ2v) is 5.94. The van der Waals surface area contributed by atoms with Crippen LogP contribution in [0.15, 0.2) is 30.3 Å². The van der Waals surface area contributed by atoms with Crippen LogP contribution in [-0.4, -0.2) is 42.1 Å². The van der Waals surface area contributed by atoms with Crippen LogP contribution in [0.25, 0.3) is 0 Å². The highest BCUT2D eigenvalue weighted by atomic mass is 15.1. The number of rotatable bonds is 8. The number of aryl methyl sites for hydroxylation is 2. The van der Waals surface area contributed by atoms with Gasteiger partial charge in [0.15, 0.2) is 0 Å². The first-order valence-corrected chi connectivity index (χ1v) is 8.17. The van der Waals surface area contributed by atoms with Gasteiger partial charge in [-0.05, 0) is 52.0 Å². The van der Waals surface area contributed by atoms with Crippen LogP contribution in [0.5, 0.6) is 0 Å². The lowest BCUT2D eigenvalue weighted by molar-refractivity contribution is 0.405. The van der Waals surface area contributed by atoms with E-state index in [1.165, 1.54) is 5.56 Å². The summed E-state index contributed by atoms with van der Waals surface area (Å²) in [5.74, 6) is 1.51. The summed E-state index contributed by atoms with van der Waals surface area (Å²) in [6.07, 6.45) is 2.05. The van der Waals surface area contributed by atoms with Crippen LogP contribution in [0.2, 0.25) is 0 Å². The highest BCUT2D eigenvalue weighted by Gasteiger charge is 2.05. The maximum atomic E-state index is 4.57. The summed E-state index contributed by atoms with van der Waals surface area (Å²) >= 11 is 0. The molecule has 0 aliphatic heterocycles. The van der Waals surface area contributed by atoms with Crippen molar-refractivity contribution in [3.8, 4) is 0 Å². The minimum atomic E-state index is 0.681. The van der Waals surface area contributed by atoms with Gasteiger partial charge in [-0.2, -0.15) is 4.98 Å². The number of anilines is 3. The molecule has 1 aromatic heterocycles. The van der Waals surface area contributed by atoms with E-state index < -0.39 is 0 Å². The molecule has 0 saturated carbocycles. The predicted molar refractivity (Wildman–Crippen MR) is 97.5 cm³/mol. The minimum Gasteiger partial charge on any atom is -0.354 e. The van der Waals surface area contributed by atoms with Crippen LogP contribution in [-0.2, 0) is 6.42 Å². The summed E-state index contributed by atoms with van der Waals surface area (Å²) in [6, 6.07) is 10.3. The minimum absolute atomic E-state index is 0.681. The first-order valence-electron chi connectivity index (χ1n) is 8.17. The summed E-state index contributed by atoms with van der Waals surface area (Å²) in [5, 5.41) is 6.72. The van der Waals surface area contributed by atoms with Gasteiger partial charge in [0.1, 0.15) is 5.82 Å². The lowest BCUT2D eigenvalue weighted by Gasteiger charge is -2.13. The van der Waals surface area contributed by atoms with Crippen LogP contribution in [0.1, 0.15) is 24.6 Å². The van der Waals surface area contributed by atoms with Crippen molar-refractivity contribution < 1.29 is 0 Å². The quantitative estimate of drug-likeness (QED) is 0.731. The molecule has 5 nitrogen and oxygen atoms in total. The second-order valence-electron chi connectivity index (χ2n) is 5.94. The topological polar surface area (TPSA) is 53.1 Å². The molecule has 0 spiro atoms. The maximum Gasteiger partial charge on any atom is 0.224 e. The second kappa shape index (κ2) is 8.48. The summed E-state index contributed by atoms with van der Waals surface area (Å²) in [5.41, 5.74) is 3.34. The van der Waals surface area contributed by atoms with E-state index in [2.05, 4.69) is 64.7 Å². The molecule has 0 saturated heterocycles. The summed E-state index contributed by atoms with van der Waals surface area (Å²) < 4.78 is 0. The van der Waals surface area contributed by atoms with Gasteiger partial charge in [0.05, 0.1) is 0 Å². The number of nitrogens with one attached hydrogen (secondary N) is 2. The van der Waals surface area contributed by atoms with E-state index in [1.54, 1.807) is 0 Å². The first kappa shape index (κ1) is 17.2. The van der Waals surface area contributed by atoms with Crippen molar-refractivity contribution in [3.63, 3.8) is 0 Å². The molecule has 2 N–H and O–H groups in total. The molecular weight excluding hydrogens is 286 g/mol. The van der Waals surface area contributed by atoms with Gasteiger partial charge in [-0.1, -0.05) is 25.1 Å². The Kier molecular flexibility index (Phi) is 6.35. The van der Waals surface area contributed by atoms with Crippen molar-refractivity contribution >= 4 is 17.5 Å². The first-order chi connectivity index (χ1) is 11.1. The molecule has 0 fully saturated rings. The summed E-state index contributed by atoms with van der Waals surface area (Å²) in [7, 11) is 4.16. The van der Waals surface area contributed by atoms with Crippen LogP contribution >= 0.6 is 0 Å². The molecule has 0 radical (unpaired) electrons. The Hall–Kier alpha value is -2.14. The molecule has 0 atom stereocenters. The molecular formula is C18H27N5. The maximum absolute atomic E-state index is 4.57. The van der Waals surface area contributed by atoms with E-state index >= 15 is 0 Å². The number of hydrogen-bond acceptors (Lipinski definition) is 5. The van der Waals surface area contributed by atoms with E-state index in [1.807, 2.05) is 19.1 Å². The Morgan fingerprint density at radius 1 is 1.13 bits per heavy atom. The van der Waals surface area contributed by atoms with Gasteiger partial charge < -0.3 is 15.5 Å². The van der Waals surface area contributed by atoms with Crippen molar-refractivity contribution in [1.29, 1.82) is 0 Å². The standard InChI is InChI=1S/C18H27N5/c1-5-15-9-6-7-10-16(15)21-17-13-14(2)20-18(22-17)19-11-8-12-23(3)4/h6-7,9-10,13H,5,8,11-12H2,1-4H3,(H2,19,20,21,22). The molecule has 1 heterocycles. The van der Waals surface area contributed by atoms with Crippen LogP contribution in [0.3, 0.4) is 0 Å². The largest absolute Gasteiger partial charge is 0.354 e. The zero-order chi connectivity index (χ0) is 16.7. The van der Waals surface area contributed by atoms with Gasteiger partial charge >= 0.3 is 0 Å².